The molecule has 0 bridgehead atoms. The topological polar surface area (TPSA) is 24.5 Å². The van der Waals surface area contributed by atoms with E-state index in [4.69, 9.17) is 4.74 Å². The number of ether oxygens (including phenoxy) is 1. The van der Waals surface area contributed by atoms with Crippen LogP contribution in [0.15, 0.2) is 18.2 Å². The number of hydrogen-bond donors (Lipinski definition) is 1. The van der Waals surface area contributed by atoms with Gasteiger partial charge in [0.25, 0.3) is 0 Å². The number of nitrogens with one attached hydrogen (secondary N) is 1. The molecular formula is C14H19F3N2O. The third-order valence-corrected chi connectivity index (χ3v) is 3.71. The van der Waals surface area contributed by atoms with Gasteiger partial charge in [0.05, 0.1) is 12.7 Å². The van der Waals surface area contributed by atoms with Crippen LogP contribution in [-0.2, 0) is 6.18 Å². The van der Waals surface area contributed by atoms with Crippen molar-refractivity contribution >= 4 is 0 Å². The highest BCUT2D eigenvalue weighted by molar-refractivity contribution is 5.40. The molecule has 1 fully saturated rings. The summed E-state index contributed by atoms with van der Waals surface area (Å²) in [6.45, 7) is 5.55. The maximum absolute atomic E-state index is 12.7. The molecule has 1 heterocycles. The van der Waals surface area contributed by atoms with Crippen LogP contribution >= 0.6 is 0 Å². The van der Waals surface area contributed by atoms with E-state index in [1.165, 1.54) is 13.2 Å². The SMILES string of the molecule is COc1cc(C(F)(F)F)ccc1[C@H](C)N1CCNCC1. The van der Waals surface area contributed by atoms with E-state index < -0.39 is 11.7 Å². The Hall–Kier alpha value is -1.27. The van der Waals surface area contributed by atoms with Crippen molar-refractivity contribution in [3.63, 3.8) is 0 Å². The summed E-state index contributed by atoms with van der Waals surface area (Å²) in [6.07, 6.45) is -4.34. The van der Waals surface area contributed by atoms with Gasteiger partial charge < -0.3 is 10.1 Å². The van der Waals surface area contributed by atoms with Gasteiger partial charge in [-0.2, -0.15) is 13.2 Å². The third-order valence-electron chi connectivity index (χ3n) is 3.71. The van der Waals surface area contributed by atoms with E-state index in [-0.39, 0.29) is 6.04 Å². The molecule has 1 aliphatic heterocycles. The van der Waals surface area contributed by atoms with Crippen LogP contribution in [0.2, 0.25) is 0 Å². The van der Waals surface area contributed by atoms with Crippen LogP contribution < -0.4 is 10.1 Å². The maximum Gasteiger partial charge on any atom is 0.416 e. The van der Waals surface area contributed by atoms with Gasteiger partial charge in [0.1, 0.15) is 5.75 Å². The predicted octanol–water partition coefficient (Wildman–Crippen LogP) is 2.68. The summed E-state index contributed by atoms with van der Waals surface area (Å²) >= 11 is 0. The maximum atomic E-state index is 12.7. The fourth-order valence-corrected chi connectivity index (χ4v) is 2.50. The monoisotopic (exact) mass is 288 g/mol. The van der Waals surface area contributed by atoms with E-state index in [9.17, 15) is 13.2 Å². The number of rotatable bonds is 3. The van der Waals surface area contributed by atoms with Gasteiger partial charge >= 0.3 is 6.18 Å². The minimum atomic E-state index is -4.34. The number of halogens is 3. The van der Waals surface area contributed by atoms with E-state index in [2.05, 4.69) is 10.2 Å². The van der Waals surface area contributed by atoms with Crippen molar-refractivity contribution in [3.8, 4) is 5.75 Å². The van der Waals surface area contributed by atoms with Gasteiger partial charge in [0.15, 0.2) is 0 Å². The fraction of sp³-hybridized carbons (Fsp3) is 0.571. The quantitative estimate of drug-likeness (QED) is 0.925. The molecule has 1 aromatic carbocycles. The standard InChI is InChI=1S/C14H19F3N2O/c1-10(19-7-5-18-6-8-19)12-4-3-11(14(15,16)17)9-13(12)20-2/h3-4,9-10,18H,5-8H2,1-2H3/t10-/m0/s1. The third kappa shape index (κ3) is 3.24. The van der Waals surface area contributed by atoms with Crippen LogP contribution in [0.4, 0.5) is 13.2 Å². The minimum Gasteiger partial charge on any atom is -0.496 e. The lowest BCUT2D eigenvalue weighted by Gasteiger charge is -2.33. The number of alkyl halides is 3. The summed E-state index contributed by atoms with van der Waals surface area (Å²) < 4.78 is 43.3. The van der Waals surface area contributed by atoms with Crippen LogP contribution in [0.1, 0.15) is 24.1 Å². The number of hydrogen-bond acceptors (Lipinski definition) is 3. The Morgan fingerprint density at radius 3 is 2.45 bits per heavy atom. The van der Waals surface area contributed by atoms with Gasteiger partial charge in [0, 0.05) is 37.8 Å². The van der Waals surface area contributed by atoms with Gasteiger partial charge in [-0.3, -0.25) is 4.90 Å². The van der Waals surface area contributed by atoms with E-state index in [1.54, 1.807) is 0 Å². The number of methoxy groups -OCH3 is 1. The summed E-state index contributed by atoms with van der Waals surface area (Å²) in [6, 6.07) is 3.76. The summed E-state index contributed by atoms with van der Waals surface area (Å²) in [5.74, 6) is 0.297. The lowest BCUT2D eigenvalue weighted by Crippen LogP contribution is -2.44. The molecule has 2 rings (SSSR count). The molecule has 1 saturated heterocycles. The van der Waals surface area contributed by atoms with Gasteiger partial charge in [-0.1, -0.05) is 6.07 Å². The van der Waals surface area contributed by atoms with Crippen molar-refractivity contribution in [3.05, 3.63) is 29.3 Å². The summed E-state index contributed by atoms with van der Waals surface area (Å²) in [4.78, 5) is 2.24. The van der Waals surface area contributed by atoms with E-state index >= 15 is 0 Å². The second-order valence-corrected chi connectivity index (χ2v) is 4.92. The molecule has 1 aliphatic rings. The van der Waals surface area contributed by atoms with E-state index in [1.807, 2.05) is 6.92 Å². The molecule has 3 nitrogen and oxygen atoms in total. The Labute approximate surface area is 116 Å². The molecular weight excluding hydrogens is 269 g/mol. The first-order chi connectivity index (χ1) is 9.43. The zero-order valence-corrected chi connectivity index (χ0v) is 11.6. The lowest BCUT2D eigenvalue weighted by atomic mass is 10.0. The molecule has 1 atom stereocenters. The van der Waals surface area contributed by atoms with Gasteiger partial charge in [-0.25, -0.2) is 0 Å². The van der Waals surface area contributed by atoms with Crippen LogP contribution in [0.3, 0.4) is 0 Å². The smallest absolute Gasteiger partial charge is 0.416 e. The molecule has 0 amide bonds. The van der Waals surface area contributed by atoms with Gasteiger partial charge in [0.2, 0.25) is 0 Å². The molecule has 112 valence electrons. The van der Waals surface area contributed by atoms with E-state index in [0.29, 0.717) is 5.75 Å². The zero-order chi connectivity index (χ0) is 14.8. The van der Waals surface area contributed by atoms with Crippen molar-refractivity contribution < 1.29 is 17.9 Å². The zero-order valence-electron chi connectivity index (χ0n) is 11.6. The Bertz CT molecular complexity index is 456. The second kappa shape index (κ2) is 6.01. The van der Waals surface area contributed by atoms with Crippen LogP contribution in [0.5, 0.6) is 5.75 Å². The molecule has 6 heteroatoms. The Morgan fingerprint density at radius 2 is 1.90 bits per heavy atom. The first-order valence-corrected chi connectivity index (χ1v) is 6.63. The highest BCUT2D eigenvalue weighted by Crippen LogP contribution is 2.36. The van der Waals surface area contributed by atoms with Crippen LogP contribution in [-0.4, -0.2) is 38.2 Å². The highest BCUT2D eigenvalue weighted by atomic mass is 19.4. The van der Waals surface area contributed by atoms with Crippen LogP contribution in [0.25, 0.3) is 0 Å². The summed E-state index contributed by atoms with van der Waals surface area (Å²) in [5, 5.41) is 3.26. The fourth-order valence-electron chi connectivity index (χ4n) is 2.50. The molecule has 1 N–H and O–H groups in total. The number of benzene rings is 1. The lowest BCUT2D eigenvalue weighted by molar-refractivity contribution is -0.137. The molecule has 0 aromatic heterocycles. The van der Waals surface area contributed by atoms with E-state index in [0.717, 1.165) is 43.9 Å². The van der Waals surface area contributed by atoms with Gasteiger partial charge in [-0.05, 0) is 19.1 Å². The molecule has 0 saturated carbocycles. The van der Waals surface area contributed by atoms with Crippen molar-refractivity contribution in [2.75, 3.05) is 33.3 Å². The Morgan fingerprint density at radius 1 is 1.25 bits per heavy atom. The van der Waals surface area contributed by atoms with Crippen LogP contribution in [0, 0.1) is 0 Å². The van der Waals surface area contributed by atoms with Gasteiger partial charge in [-0.15, -0.1) is 0 Å². The number of piperazine rings is 1. The molecule has 0 unspecified atom stereocenters. The van der Waals surface area contributed by atoms with Crippen molar-refractivity contribution in [1.82, 2.24) is 10.2 Å². The minimum absolute atomic E-state index is 0.0364. The normalized spacial score (nSPS) is 18.9. The molecule has 0 aliphatic carbocycles. The average molecular weight is 288 g/mol. The highest BCUT2D eigenvalue weighted by Gasteiger charge is 2.32. The first-order valence-electron chi connectivity index (χ1n) is 6.63. The van der Waals surface area contributed by atoms with Crippen molar-refractivity contribution in [1.29, 1.82) is 0 Å². The van der Waals surface area contributed by atoms with Crippen molar-refractivity contribution in [2.45, 2.75) is 19.1 Å². The van der Waals surface area contributed by atoms with Crippen molar-refractivity contribution in [2.24, 2.45) is 0 Å². The second-order valence-electron chi connectivity index (χ2n) is 4.92. The molecule has 0 spiro atoms. The molecule has 0 radical (unpaired) electrons. The molecule has 20 heavy (non-hydrogen) atoms. The molecule has 1 aromatic rings. The predicted molar refractivity (Wildman–Crippen MR) is 70.9 cm³/mol. The summed E-state index contributed by atoms with van der Waals surface area (Å²) in [5.41, 5.74) is 0.119. The largest absolute Gasteiger partial charge is 0.496 e. The first kappa shape index (κ1) is 15.1. The Kier molecular flexibility index (Phi) is 4.55. The average Bonchev–Trinajstić information content (AvgIpc) is 2.45. The summed E-state index contributed by atoms with van der Waals surface area (Å²) in [7, 11) is 1.41. The number of nitrogens with zero attached hydrogens (tertiary/aromatic N) is 1. The Balaban J connectivity index is 2.26.